The lowest BCUT2D eigenvalue weighted by Crippen LogP contribution is -2.34. The van der Waals surface area contributed by atoms with Gasteiger partial charge < -0.3 is 28.6 Å². The molecule has 0 fully saturated rings. The zero-order chi connectivity index (χ0) is 26.6. The Labute approximate surface area is 219 Å². The third kappa shape index (κ3) is 4.73. The minimum Gasteiger partial charge on any atom is -0.503 e. The van der Waals surface area contributed by atoms with Crippen LogP contribution in [0, 0.1) is 0 Å². The van der Waals surface area contributed by atoms with Gasteiger partial charge in [-0.3, -0.25) is 9.59 Å². The van der Waals surface area contributed by atoms with Crippen LogP contribution in [0.3, 0.4) is 0 Å². The van der Waals surface area contributed by atoms with Crippen LogP contribution in [-0.2, 0) is 16.1 Å². The van der Waals surface area contributed by atoms with Gasteiger partial charge in [-0.2, -0.15) is 0 Å². The number of aliphatic hydroxyl groups is 1. The number of fused-ring (bicyclic) bond motifs is 1. The fourth-order valence-corrected chi connectivity index (χ4v) is 4.59. The van der Waals surface area contributed by atoms with E-state index < -0.39 is 23.5 Å². The molecule has 0 bridgehead atoms. The molecule has 5 rings (SSSR count). The fraction of sp³-hybridized carbons (Fsp3) is 0.200. The van der Waals surface area contributed by atoms with E-state index in [0.717, 1.165) is 10.9 Å². The Bertz CT molecular complexity index is 1470. The van der Waals surface area contributed by atoms with Gasteiger partial charge in [0.1, 0.15) is 12.2 Å². The summed E-state index contributed by atoms with van der Waals surface area (Å²) in [5.41, 5.74) is 2.04. The number of nitrogens with zero attached hydrogens (tertiary/aromatic N) is 1. The minimum absolute atomic E-state index is 0.0360. The maximum atomic E-state index is 13.7. The van der Waals surface area contributed by atoms with E-state index in [1.54, 1.807) is 36.4 Å². The lowest BCUT2D eigenvalue weighted by Gasteiger charge is -2.27. The van der Waals surface area contributed by atoms with Gasteiger partial charge in [0, 0.05) is 19.0 Å². The molecule has 1 unspecified atom stereocenters. The number of amides is 1. The third-order valence-electron chi connectivity index (χ3n) is 6.47. The lowest BCUT2D eigenvalue weighted by molar-refractivity contribution is -0.130. The molecule has 194 valence electrons. The molecular formula is C30H27NO7. The van der Waals surface area contributed by atoms with Gasteiger partial charge in [-0.25, -0.2) is 0 Å². The van der Waals surface area contributed by atoms with Crippen LogP contribution in [0.5, 0.6) is 11.5 Å². The molecule has 1 aliphatic rings. The van der Waals surface area contributed by atoms with Crippen molar-refractivity contribution in [3.63, 3.8) is 0 Å². The van der Waals surface area contributed by atoms with Crippen LogP contribution in [0.2, 0.25) is 0 Å². The predicted octanol–water partition coefficient (Wildman–Crippen LogP) is 5.25. The Morgan fingerprint density at radius 3 is 2.47 bits per heavy atom. The Hall–Kier alpha value is -4.56. The molecule has 4 aromatic rings. The van der Waals surface area contributed by atoms with Gasteiger partial charge in [0.15, 0.2) is 23.0 Å². The Balaban J connectivity index is 1.51. The average molecular weight is 514 g/mol. The zero-order valence-electron chi connectivity index (χ0n) is 21.0. The SMILES string of the molecule is COCCN1C(=O)C(O)=C(C(=O)c2cc3ccccc3o2)C1c1ccc(OCc2ccccc2)c(OC)c1. The van der Waals surface area contributed by atoms with Crippen molar-refractivity contribution in [2.75, 3.05) is 27.4 Å². The number of hydrogen-bond donors (Lipinski definition) is 1. The first-order valence-corrected chi connectivity index (χ1v) is 12.1. The second kappa shape index (κ2) is 10.8. The van der Waals surface area contributed by atoms with Crippen molar-refractivity contribution < 1.29 is 33.3 Å². The van der Waals surface area contributed by atoms with E-state index in [2.05, 4.69) is 0 Å². The number of para-hydroxylation sites is 1. The summed E-state index contributed by atoms with van der Waals surface area (Å²) < 4.78 is 22.5. The number of carbonyl (C=O) groups excluding carboxylic acids is 2. The molecule has 8 nitrogen and oxygen atoms in total. The minimum atomic E-state index is -0.879. The number of aliphatic hydroxyl groups excluding tert-OH is 1. The maximum absolute atomic E-state index is 13.7. The molecule has 0 saturated heterocycles. The van der Waals surface area contributed by atoms with Crippen molar-refractivity contribution in [1.29, 1.82) is 0 Å². The number of furan rings is 1. The van der Waals surface area contributed by atoms with Gasteiger partial charge in [-0.1, -0.05) is 54.6 Å². The van der Waals surface area contributed by atoms with Gasteiger partial charge in [0.2, 0.25) is 5.78 Å². The average Bonchev–Trinajstić information content (AvgIpc) is 3.50. The predicted molar refractivity (Wildman–Crippen MR) is 140 cm³/mol. The van der Waals surface area contributed by atoms with Gasteiger partial charge in [-0.05, 0) is 35.4 Å². The van der Waals surface area contributed by atoms with Gasteiger partial charge in [0.25, 0.3) is 5.91 Å². The van der Waals surface area contributed by atoms with Crippen molar-refractivity contribution in [2.24, 2.45) is 0 Å². The number of Topliss-reactive ketones (excluding diaryl/α,β-unsaturated/α-hetero) is 1. The number of benzene rings is 3. The molecule has 1 aromatic heterocycles. The summed E-state index contributed by atoms with van der Waals surface area (Å²) in [7, 11) is 3.04. The molecule has 1 aliphatic heterocycles. The summed E-state index contributed by atoms with van der Waals surface area (Å²) in [4.78, 5) is 28.2. The summed E-state index contributed by atoms with van der Waals surface area (Å²) >= 11 is 0. The third-order valence-corrected chi connectivity index (χ3v) is 6.47. The fourth-order valence-electron chi connectivity index (χ4n) is 4.59. The number of ketones is 1. The Kier molecular flexibility index (Phi) is 7.15. The zero-order valence-corrected chi connectivity index (χ0v) is 21.0. The molecule has 0 radical (unpaired) electrons. The van der Waals surface area contributed by atoms with E-state index in [9.17, 15) is 14.7 Å². The first-order chi connectivity index (χ1) is 18.5. The van der Waals surface area contributed by atoms with Crippen LogP contribution < -0.4 is 9.47 Å². The van der Waals surface area contributed by atoms with Crippen molar-refractivity contribution >= 4 is 22.7 Å². The monoisotopic (exact) mass is 513 g/mol. The van der Waals surface area contributed by atoms with E-state index in [0.29, 0.717) is 29.3 Å². The first-order valence-electron chi connectivity index (χ1n) is 12.1. The highest BCUT2D eigenvalue weighted by Gasteiger charge is 2.44. The summed E-state index contributed by atoms with van der Waals surface area (Å²) in [6.07, 6.45) is 0. The number of rotatable bonds is 10. The molecule has 0 spiro atoms. The highest BCUT2D eigenvalue weighted by molar-refractivity contribution is 6.16. The van der Waals surface area contributed by atoms with E-state index in [4.69, 9.17) is 18.6 Å². The molecular weight excluding hydrogens is 486 g/mol. The van der Waals surface area contributed by atoms with Crippen LogP contribution >= 0.6 is 0 Å². The lowest BCUT2D eigenvalue weighted by atomic mass is 9.94. The summed E-state index contributed by atoms with van der Waals surface area (Å²) in [6.45, 7) is 0.724. The highest BCUT2D eigenvalue weighted by Crippen LogP contribution is 2.42. The van der Waals surface area contributed by atoms with Crippen LogP contribution in [0.1, 0.15) is 27.7 Å². The van der Waals surface area contributed by atoms with Crippen molar-refractivity contribution in [2.45, 2.75) is 12.6 Å². The van der Waals surface area contributed by atoms with Crippen molar-refractivity contribution in [3.05, 3.63) is 107 Å². The van der Waals surface area contributed by atoms with Crippen LogP contribution in [-0.4, -0.2) is 49.1 Å². The Morgan fingerprint density at radius 2 is 1.74 bits per heavy atom. The molecule has 38 heavy (non-hydrogen) atoms. The summed E-state index contributed by atoms with van der Waals surface area (Å²) in [5, 5.41) is 11.6. The summed E-state index contributed by atoms with van der Waals surface area (Å²) in [6, 6.07) is 22.9. The molecule has 1 atom stereocenters. The van der Waals surface area contributed by atoms with Crippen molar-refractivity contribution in [3.8, 4) is 11.5 Å². The molecule has 3 aromatic carbocycles. The first kappa shape index (κ1) is 25.1. The second-order valence-corrected chi connectivity index (χ2v) is 8.82. The van der Waals surface area contributed by atoms with Crippen LogP contribution in [0.15, 0.2) is 94.6 Å². The number of methoxy groups -OCH3 is 2. The molecule has 1 N–H and O–H groups in total. The van der Waals surface area contributed by atoms with E-state index in [1.165, 1.54) is 19.1 Å². The van der Waals surface area contributed by atoms with Gasteiger partial charge >= 0.3 is 0 Å². The smallest absolute Gasteiger partial charge is 0.290 e. The number of ether oxygens (including phenoxy) is 3. The van der Waals surface area contributed by atoms with E-state index in [1.807, 2.05) is 42.5 Å². The molecule has 8 heteroatoms. The van der Waals surface area contributed by atoms with Gasteiger partial charge in [-0.15, -0.1) is 0 Å². The topological polar surface area (TPSA) is 98.4 Å². The Morgan fingerprint density at radius 1 is 0.974 bits per heavy atom. The van der Waals surface area contributed by atoms with E-state index >= 15 is 0 Å². The normalized spacial score (nSPS) is 15.4. The summed E-state index contributed by atoms with van der Waals surface area (Å²) in [5.74, 6) is -0.866. The molecule has 1 amide bonds. The quantitative estimate of drug-likeness (QED) is 0.289. The standard InChI is InChI=1S/C30H27NO7/c1-35-15-14-31-27(21-12-13-23(24(17-21)36-2)37-18-19-8-4-3-5-9-19)26(29(33)30(31)34)28(32)25-16-20-10-6-7-11-22(20)38-25/h3-13,16-17,27,33H,14-15,18H2,1-2H3. The molecule has 0 saturated carbocycles. The second-order valence-electron chi connectivity index (χ2n) is 8.82. The maximum Gasteiger partial charge on any atom is 0.290 e. The number of carbonyl (C=O) groups is 2. The number of hydrogen-bond acceptors (Lipinski definition) is 7. The van der Waals surface area contributed by atoms with Crippen molar-refractivity contribution in [1.82, 2.24) is 4.90 Å². The van der Waals surface area contributed by atoms with E-state index in [-0.39, 0.29) is 24.5 Å². The largest absolute Gasteiger partial charge is 0.503 e. The molecule has 2 heterocycles. The van der Waals surface area contributed by atoms with Gasteiger partial charge in [0.05, 0.1) is 25.3 Å². The molecule has 0 aliphatic carbocycles. The van der Waals surface area contributed by atoms with Crippen LogP contribution in [0.4, 0.5) is 0 Å². The van der Waals surface area contributed by atoms with Crippen LogP contribution in [0.25, 0.3) is 11.0 Å². The highest BCUT2D eigenvalue weighted by atomic mass is 16.5.